The number of rotatable bonds is 4. The molecule has 1 aliphatic carbocycles. The Kier molecular flexibility index (Phi) is 3.48. The van der Waals surface area contributed by atoms with Crippen LogP contribution in [0, 0.1) is 0 Å². The molecular weight excluding hydrogens is 288 g/mol. The molecule has 2 amide bonds. The molecule has 2 rings (SSSR count). The molecule has 1 unspecified atom stereocenters. The Labute approximate surface area is 126 Å². The van der Waals surface area contributed by atoms with E-state index in [4.69, 9.17) is 5.11 Å². The number of aliphatic carboxylic acids is 1. The van der Waals surface area contributed by atoms with E-state index in [0.717, 1.165) is 0 Å². The Morgan fingerprint density at radius 1 is 1.33 bits per heavy atom. The third-order valence-corrected chi connectivity index (χ3v) is 10.6. The lowest BCUT2D eigenvalue weighted by Crippen LogP contribution is -2.72. The van der Waals surface area contributed by atoms with Crippen molar-refractivity contribution >= 4 is 26.0 Å². The number of hydrogen-bond donors (Lipinski definition) is 2. The van der Waals surface area contributed by atoms with Gasteiger partial charge in [0.25, 0.3) is 0 Å². The first kappa shape index (κ1) is 16.0. The fourth-order valence-electron chi connectivity index (χ4n) is 2.53. The molecular formula is C14H24N2O4Si. The summed E-state index contributed by atoms with van der Waals surface area (Å²) in [5.41, 5.74) is -1.09. The molecule has 118 valence electrons. The Morgan fingerprint density at radius 3 is 2.19 bits per heavy atom. The van der Waals surface area contributed by atoms with Crippen molar-refractivity contribution in [3.63, 3.8) is 0 Å². The molecule has 0 spiro atoms. The first-order valence-electron chi connectivity index (χ1n) is 7.30. The van der Waals surface area contributed by atoms with Crippen molar-refractivity contribution in [3.05, 3.63) is 0 Å². The summed E-state index contributed by atoms with van der Waals surface area (Å²) in [7, 11) is -2.12. The van der Waals surface area contributed by atoms with Gasteiger partial charge in [-0.05, 0) is 17.9 Å². The van der Waals surface area contributed by atoms with Gasteiger partial charge in [-0.2, -0.15) is 0 Å². The number of carbonyl (C=O) groups excluding carboxylic acids is 2. The van der Waals surface area contributed by atoms with Crippen LogP contribution in [0.5, 0.6) is 0 Å². The normalized spacial score (nSPS) is 24.3. The fourth-order valence-corrected chi connectivity index (χ4v) is 4.95. The second kappa shape index (κ2) is 4.56. The van der Waals surface area contributed by atoms with Gasteiger partial charge < -0.3 is 15.0 Å². The Morgan fingerprint density at radius 2 is 1.86 bits per heavy atom. The van der Waals surface area contributed by atoms with Gasteiger partial charge in [0.05, 0.1) is 6.42 Å². The van der Waals surface area contributed by atoms with Crippen LogP contribution in [-0.2, 0) is 14.4 Å². The van der Waals surface area contributed by atoms with E-state index in [0.29, 0.717) is 12.8 Å². The molecule has 1 atom stereocenters. The van der Waals surface area contributed by atoms with Crippen molar-refractivity contribution in [2.75, 3.05) is 0 Å². The molecule has 2 N–H and O–H groups in total. The number of carboxylic acid groups (broad SMARTS) is 1. The topological polar surface area (TPSA) is 86.7 Å². The number of β-lactam (4-membered cyclic amide) rings is 1. The average Bonchev–Trinajstić information content (AvgIpc) is 3.04. The molecule has 6 nitrogen and oxygen atoms in total. The Bertz CT molecular complexity index is 506. The number of nitrogens with one attached hydrogen (secondary N) is 1. The van der Waals surface area contributed by atoms with Crippen molar-refractivity contribution in [1.82, 2.24) is 9.88 Å². The summed E-state index contributed by atoms with van der Waals surface area (Å²) >= 11 is 0. The molecule has 0 aromatic rings. The minimum atomic E-state index is -2.12. The highest BCUT2D eigenvalue weighted by Gasteiger charge is 2.57. The molecule has 1 heterocycles. The van der Waals surface area contributed by atoms with Crippen LogP contribution in [0.3, 0.4) is 0 Å². The summed E-state index contributed by atoms with van der Waals surface area (Å²) < 4.78 is 1.74. The van der Waals surface area contributed by atoms with Crippen molar-refractivity contribution in [1.29, 1.82) is 0 Å². The molecule has 1 aliphatic heterocycles. The maximum Gasteiger partial charge on any atom is 0.329 e. The maximum absolute atomic E-state index is 12.4. The molecule has 21 heavy (non-hydrogen) atoms. The van der Waals surface area contributed by atoms with Gasteiger partial charge in [-0.15, -0.1) is 0 Å². The van der Waals surface area contributed by atoms with Crippen LogP contribution >= 0.6 is 0 Å². The molecule has 0 radical (unpaired) electrons. The quantitative estimate of drug-likeness (QED) is 0.605. The molecule has 2 aliphatic rings. The van der Waals surface area contributed by atoms with E-state index in [-0.39, 0.29) is 23.3 Å². The second-order valence-corrected chi connectivity index (χ2v) is 12.8. The van der Waals surface area contributed by atoms with E-state index in [1.807, 2.05) is 0 Å². The van der Waals surface area contributed by atoms with E-state index in [2.05, 4.69) is 39.2 Å². The van der Waals surface area contributed by atoms with Crippen LogP contribution < -0.4 is 5.32 Å². The molecule has 0 aromatic heterocycles. The SMILES string of the molecule is CC(C)(C)[Si](C)(C)N1C(=O)CC1C(=O)NC1(C(=O)O)CC1. The fraction of sp³-hybridized carbons (Fsp3) is 0.786. The van der Waals surface area contributed by atoms with Gasteiger partial charge in [0, 0.05) is 0 Å². The zero-order valence-corrected chi connectivity index (χ0v) is 14.3. The van der Waals surface area contributed by atoms with Gasteiger partial charge in [-0.25, -0.2) is 4.79 Å². The highest BCUT2D eigenvalue weighted by Crippen LogP contribution is 2.43. The van der Waals surface area contributed by atoms with E-state index in [1.165, 1.54) is 0 Å². The highest BCUT2D eigenvalue weighted by molar-refractivity contribution is 6.80. The van der Waals surface area contributed by atoms with Crippen molar-refractivity contribution in [3.8, 4) is 0 Å². The van der Waals surface area contributed by atoms with Crippen LogP contribution in [0.2, 0.25) is 18.1 Å². The van der Waals surface area contributed by atoms with Crippen LogP contribution in [0.4, 0.5) is 0 Å². The molecule has 7 heteroatoms. The average molecular weight is 312 g/mol. The number of nitrogens with zero attached hydrogens (tertiary/aromatic N) is 1. The van der Waals surface area contributed by atoms with Crippen LogP contribution in [0.15, 0.2) is 0 Å². The van der Waals surface area contributed by atoms with Gasteiger partial charge in [-0.1, -0.05) is 33.9 Å². The second-order valence-electron chi connectivity index (χ2n) is 7.67. The van der Waals surface area contributed by atoms with E-state index in [1.54, 1.807) is 4.57 Å². The predicted molar refractivity (Wildman–Crippen MR) is 80.2 cm³/mol. The number of hydrogen-bond acceptors (Lipinski definition) is 3. The summed E-state index contributed by atoms with van der Waals surface area (Å²) in [6.07, 6.45) is 1.12. The van der Waals surface area contributed by atoms with Crippen LogP contribution in [-0.4, -0.2) is 47.3 Å². The molecule has 1 saturated heterocycles. The largest absolute Gasteiger partial charge is 0.480 e. The lowest BCUT2D eigenvalue weighted by atomic mass is 10.0. The first-order chi connectivity index (χ1) is 9.42. The standard InChI is InChI=1S/C14H24N2O4Si/c1-13(2,3)21(4,5)16-9(8-10(16)17)11(18)15-14(6-7-14)12(19)20/h9H,6-8H2,1-5H3,(H,15,18)(H,19,20). The van der Waals surface area contributed by atoms with Crippen molar-refractivity contribution < 1.29 is 19.5 Å². The smallest absolute Gasteiger partial charge is 0.329 e. The third-order valence-electron chi connectivity index (χ3n) is 5.21. The van der Waals surface area contributed by atoms with Gasteiger partial charge in [-0.3, -0.25) is 9.59 Å². The number of carboxylic acids is 1. The van der Waals surface area contributed by atoms with Crippen molar-refractivity contribution in [2.45, 2.75) is 69.7 Å². The maximum atomic E-state index is 12.4. The number of carbonyl (C=O) groups is 3. The van der Waals surface area contributed by atoms with Gasteiger partial charge in [0.1, 0.15) is 11.6 Å². The van der Waals surface area contributed by atoms with Gasteiger partial charge in [0.15, 0.2) is 8.24 Å². The number of amides is 2. The Hall–Kier alpha value is -1.37. The first-order valence-corrected chi connectivity index (χ1v) is 10.2. The predicted octanol–water partition coefficient (Wildman–Crippen LogP) is 1.33. The summed E-state index contributed by atoms with van der Waals surface area (Å²) in [5.74, 6) is -1.30. The minimum absolute atomic E-state index is 0.00177. The third kappa shape index (κ3) is 2.47. The van der Waals surface area contributed by atoms with Crippen LogP contribution in [0.1, 0.15) is 40.0 Å². The lowest BCUT2D eigenvalue weighted by molar-refractivity contribution is -0.150. The monoisotopic (exact) mass is 312 g/mol. The summed E-state index contributed by atoms with van der Waals surface area (Å²) in [6, 6.07) is -0.504. The highest BCUT2D eigenvalue weighted by atomic mass is 28.3. The van der Waals surface area contributed by atoms with E-state index in [9.17, 15) is 14.4 Å². The minimum Gasteiger partial charge on any atom is -0.480 e. The molecule has 1 saturated carbocycles. The van der Waals surface area contributed by atoms with Gasteiger partial charge in [0.2, 0.25) is 11.8 Å². The summed E-state index contributed by atoms with van der Waals surface area (Å²) in [6.45, 7) is 10.4. The van der Waals surface area contributed by atoms with Crippen molar-refractivity contribution in [2.24, 2.45) is 0 Å². The van der Waals surface area contributed by atoms with Gasteiger partial charge >= 0.3 is 5.97 Å². The zero-order valence-electron chi connectivity index (χ0n) is 13.3. The van der Waals surface area contributed by atoms with E-state index >= 15 is 0 Å². The molecule has 2 fully saturated rings. The molecule has 0 bridgehead atoms. The zero-order chi connectivity index (χ0) is 16.2. The summed E-state index contributed by atoms with van der Waals surface area (Å²) in [4.78, 5) is 35.6. The lowest BCUT2D eigenvalue weighted by Gasteiger charge is -2.54. The van der Waals surface area contributed by atoms with Crippen LogP contribution in [0.25, 0.3) is 0 Å². The molecule has 0 aromatic carbocycles. The van der Waals surface area contributed by atoms with E-state index < -0.39 is 25.8 Å². The Balaban J connectivity index is 2.13. The summed E-state index contributed by atoms with van der Waals surface area (Å²) in [5, 5.41) is 11.7.